The van der Waals surface area contributed by atoms with Crippen LogP contribution >= 0.6 is 0 Å². The van der Waals surface area contributed by atoms with Gasteiger partial charge in [-0.15, -0.1) is 0 Å². The topological polar surface area (TPSA) is 35.5 Å². The van der Waals surface area contributed by atoms with Crippen molar-refractivity contribution in [3.63, 3.8) is 0 Å². The standard InChI is InChI=1S/C15H22O3/c1-4-13(5-2)15(16)18-12(3)11-17-14-9-7-6-8-10-14/h6-10,12-13H,4-5,11H2,1-3H3/t12-/m0/s1. The summed E-state index contributed by atoms with van der Waals surface area (Å²) in [6.07, 6.45) is 1.42. The van der Waals surface area contributed by atoms with Crippen LogP contribution in [-0.2, 0) is 9.53 Å². The van der Waals surface area contributed by atoms with Crippen molar-refractivity contribution < 1.29 is 14.3 Å². The van der Waals surface area contributed by atoms with Crippen molar-refractivity contribution >= 4 is 5.97 Å². The van der Waals surface area contributed by atoms with Gasteiger partial charge in [0.15, 0.2) is 0 Å². The summed E-state index contributed by atoms with van der Waals surface area (Å²) in [6, 6.07) is 9.53. The van der Waals surface area contributed by atoms with Crippen LogP contribution < -0.4 is 4.74 Å². The molecule has 3 nitrogen and oxygen atoms in total. The molecular weight excluding hydrogens is 228 g/mol. The van der Waals surface area contributed by atoms with E-state index < -0.39 is 0 Å². The third-order valence-corrected chi connectivity index (χ3v) is 2.86. The van der Waals surface area contributed by atoms with Gasteiger partial charge in [-0.25, -0.2) is 0 Å². The summed E-state index contributed by atoms with van der Waals surface area (Å²) in [5, 5.41) is 0. The summed E-state index contributed by atoms with van der Waals surface area (Å²) in [5.41, 5.74) is 0. The molecule has 1 rings (SSSR count). The molecule has 0 heterocycles. The molecule has 1 aromatic carbocycles. The zero-order chi connectivity index (χ0) is 13.4. The van der Waals surface area contributed by atoms with Crippen molar-refractivity contribution in [2.24, 2.45) is 5.92 Å². The van der Waals surface area contributed by atoms with Crippen LogP contribution in [0.3, 0.4) is 0 Å². The maximum Gasteiger partial charge on any atom is 0.309 e. The predicted molar refractivity (Wildman–Crippen MR) is 71.6 cm³/mol. The number of ether oxygens (including phenoxy) is 2. The Morgan fingerprint density at radius 3 is 2.33 bits per heavy atom. The molecule has 0 saturated carbocycles. The first-order valence-corrected chi connectivity index (χ1v) is 6.55. The van der Waals surface area contributed by atoms with E-state index in [4.69, 9.17) is 9.47 Å². The molecule has 0 aliphatic heterocycles. The third kappa shape index (κ3) is 4.78. The lowest BCUT2D eigenvalue weighted by Gasteiger charge is -2.17. The highest BCUT2D eigenvalue weighted by Gasteiger charge is 2.18. The van der Waals surface area contributed by atoms with Crippen molar-refractivity contribution in [2.45, 2.75) is 39.7 Å². The Morgan fingerprint density at radius 1 is 1.17 bits per heavy atom. The molecule has 3 heteroatoms. The fourth-order valence-electron chi connectivity index (χ4n) is 1.68. The van der Waals surface area contributed by atoms with Gasteiger partial charge < -0.3 is 9.47 Å². The van der Waals surface area contributed by atoms with Gasteiger partial charge in [-0.05, 0) is 31.9 Å². The molecule has 0 saturated heterocycles. The van der Waals surface area contributed by atoms with Crippen LogP contribution in [0.5, 0.6) is 5.75 Å². The minimum atomic E-state index is -0.224. The SMILES string of the molecule is CCC(CC)C(=O)O[C@@H](C)COc1ccccc1. The number of carbonyl (C=O) groups is 1. The van der Waals surface area contributed by atoms with Crippen molar-refractivity contribution in [1.29, 1.82) is 0 Å². The Balaban J connectivity index is 2.33. The van der Waals surface area contributed by atoms with E-state index in [1.54, 1.807) is 0 Å². The summed E-state index contributed by atoms with van der Waals surface area (Å²) in [5.74, 6) is 0.677. The first-order valence-electron chi connectivity index (χ1n) is 6.55. The van der Waals surface area contributed by atoms with Crippen LogP contribution in [0.1, 0.15) is 33.6 Å². The minimum Gasteiger partial charge on any atom is -0.490 e. The van der Waals surface area contributed by atoms with Crippen LogP contribution in [0.2, 0.25) is 0 Å². The highest BCUT2D eigenvalue weighted by Crippen LogP contribution is 2.13. The lowest BCUT2D eigenvalue weighted by Crippen LogP contribution is -2.26. The second-order valence-electron chi connectivity index (χ2n) is 4.38. The monoisotopic (exact) mass is 250 g/mol. The van der Waals surface area contributed by atoms with Crippen LogP contribution in [0.15, 0.2) is 30.3 Å². The van der Waals surface area contributed by atoms with Gasteiger partial charge in [0, 0.05) is 0 Å². The molecule has 100 valence electrons. The fraction of sp³-hybridized carbons (Fsp3) is 0.533. The van der Waals surface area contributed by atoms with Crippen molar-refractivity contribution in [1.82, 2.24) is 0 Å². The highest BCUT2D eigenvalue weighted by molar-refractivity contribution is 5.72. The molecule has 1 atom stereocenters. The maximum absolute atomic E-state index is 11.7. The Labute approximate surface area is 109 Å². The fourth-order valence-corrected chi connectivity index (χ4v) is 1.68. The van der Waals surface area contributed by atoms with Gasteiger partial charge in [0.25, 0.3) is 0 Å². The van der Waals surface area contributed by atoms with E-state index in [1.807, 2.05) is 51.1 Å². The summed E-state index contributed by atoms with van der Waals surface area (Å²) < 4.78 is 10.9. The molecule has 0 unspecified atom stereocenters. The lowest BCUT2D eigenvalue weighted by molar-refractivity contribution is -0.154. The molecule has 18 heavy (non-hydrogen) atoms. The molecule has 0 radical (unpaired) electrons. The number of esters is 1. The zero-order valence-corrected chi connectivity index (χ0v) is 11.4. The molecule has 0 N–H and O–H groups in total. The normalized spacial score (nSPS) is 12.2. The van der Waals surface area contributed by atoms with Crippen LogP contribution in [-0.4, -0.2) is 18.7 Å². The third-order valence-electron chi connectivity index (χ3n) is 2.86. The summed E-state index contributed by atoms with van der Waals surface area (Å²) >= 11 is 0. The van der Waals surface area contributed by atoms with Crippen LogP contribution in [0.25, 0.3) is 0 Å². The molecule has 0 bridgehead atoms. The van der Waals surface area contributed by atoms with Gasteiger partial charge in [-0.2, -0.15) is 0 Å². The maximum atomic E-state index is 11.7. The number of benzene rings is 1. The molecular formula is C15H22O3. The largest absolute Gasteiger partial charge is 0.490 e. The number of rotatable bonds is 7. The molecule has 0 fully saturated rings. The average molecular weight is 250 g/mol. The van der Waals surface area contributed by atoms with Gasteiger partial charge in [-0.3, -0.25) is 4.79 Å². The van der Waals surface area contributed by atoms with Crippen molar-refractivity contribution in [3.8, 4) is 5.75 Å². The lowest BCUT2D eigenvalue weighted by atomic mass is 10.0. The Morgan fingerprint density at radius 2 is 1.78 bits per heavy atom. The highest BCUT2D eigenvalue weighted by atomic mass is 16.6. The molecule has 0 aliphatic rings. The second kappa shape index (κ2) is 7.75. The first kappa shape index (κ1) is 14.6. The van der Waals surface area contributed by atoms with Crippen LogP contribution in [0.4, 0.5) is 0 Å². The quantitative estimate of drug-likeness (QED) is 0.695. The number of para-hydroxylation sites is 1. The predicted octanol–water partition coefficient (Wildman–Crippen LogP) is 3.43. The van der Waals surface area contributed by atoms with Gasteiger partial charge in [0.05, 0.1) is 5.92 Å². The molecule has 1 aromatic rings. The number of carbonyl (C=O) groups excluding carboxylic acids is 1. The van der Waals surface area contributed by atoms with Gasteiger partial charge in [0.1, 0.15) is 18.5 Å². The Hall–Kier alpha value is -1.51. The van der Waals surface area contributed by atoms with E-state index in [0.29, 0.717) is 6.61 Å². The summed E-state index contributed by atoms with van der Waals surface area (Å²) in [6.45, 7) is 6.24. The van der Waals surface area contributed by atoms with E-state index in [1.165, 1.54) is 0 Å². The Kier molecular flexibility index (Phi) is 6.26. The smallest absolute Gasteiger partial charge is 0.309 e. The van der Waals surface area contributed by atoms with Gasteiger partial charge in [0.2, 0.25) is 0 Å². The molecule has 0 aliphatic carbocycles. The van der Waals surface area contributed by atoms with Gasteiger partial charge >= 0.3 is 5.97 Å². The van der Waals surface area contributed by atoms with E-state index in [0.717, 1.165) is 18.6 Å². The second-order valence-corrected chi connectivity index (χ2v) is 4.38. The van der Waals surface area contributed by atoms with Crippen LogP contribution in [0, 0.1) is 5.92 Å². The van der Waals surface area contributed by atoms with E-state index >= 15 is 0 Å². The average Bonchev–Trinajstić information content (AvgIpc) is 2.39. The zero-order valence-electron chi connectivity index (χ0n) is 11.4. The first-order chi connectivity index (χ1) is 8.67. The molecule has 0 spiro atoms. The van der Waals surface area contributed by atoms with Gasteiger partial charge in [-0.1, -0.05) is 32.0 Å². The Bertz CT molecular complexity index is 344. The number of hydrogen-bond donors (Lipinski definition) is 0. The summed E-state index contributed by atoms with van der Waals surface area (Å²) in [4.78, 5) is 11.7. The van der Waals surface area contributed by atoms with E-state index in [2.05, 4.69) is 0 Å². The summed E-state index contributed by atoms with van der Waals surface area (Å²) in [7, 11) is 0. The van der Waals surface area contributed by atoms with Crippen molar-refractivity contribution in [3.05, 3.63) is 30.3 Å². The van der Waals surface area contributed by atoms with Crippen molar-refractivity contribution in [2.75, 3.05) is 6.61 Å². The van der Waals surface area contributed by atoms with E-state index in [9.17, 15) is 4.79 Å². The molecule has 0 aromatic heterocycles. The number of hydrogen-bond acceptors (Lipinski definition) is 3. The molecule has 0 amide bonds. The van der Waals surface area contributed by atoms with E-state index in [-0.39, 0.29) is 18.0 Å². The minimum absolute atomic E-state index is 0.00387.